The molecule has 0 spiro atoms. The van der Waals surface area contributed by atoms with Crippen LogP contribution < -0.4 is 5.32 Å². The molecule has 5 nitrogen and oxygen atoms in total. The molecule has 0 aliphatic carbocycles. The van der Waals surface area contributed by atoms with Crippen LogP contribution in [0.3, 0.4) is 0 Å². The molecule has 0 saturated heterocycles. The van der Waals surface area contributed by atoms with Crippen molar-refractivity contribution in [2.45, 2.75) is 5.16 Å². The first-order valence-electron chi connectivity index (χ1n) is 7.07. The van der Waals surface area contributed by atoms with Crippen LogP contribution in [0.4, 0.5) is 5.69 Å². The first-order chi connectivity index (χ1) is 12.0. The van der Waals surface area contributed by atoms with Crippen LogP contribution in [0.2, 0.25) is 15.1 Å². The third-order valence-electron chi connectivity index (χ3n) is 3.11. The van der Waals surface area contributed by atoms with Gasteiger partial charge >= 0.3 is 0 Å². The van der Waals surface area contributed by atoms with E-state index in [-0.39, 0.29) is 11.7 Å². The van der Waals surface area contributed by atoms with Gasteiger partial charge in [0, 0.05) is 0 Å². The van der Waals surface area contributed by atoms with Crippen molar-refractivity contribution in [3.05, 3.63) is 63.9 Å². The van der Waals surface area contributed by atoms with Gasteiger partial charge in [0.25, 0.3) is 0 Å². The van der Waals surface area contributed by atoms with Gasteiger partial charge in [-0.15, -0.1) is 5.10 Å². The lowest BCUT2D eigenvalue weighted by Gasteiger charge is -2.08. The average molecular weight is 414 g/mol. The summed E-state index contributed by atoms with van der Waals surface area (Å²) in [7, 11) is 0. The molecule has 0 aliphatic rings. The number of nitrogens with one attached hydrogen (secondary N) is 1. The summed E-state index contributed by atoms with van der Waals surface area (Å²) in [6, 6.07) is 12.6. The van der Waals surface area contributed by atoms with Crippen LogP contribution in [0.1, 0.15) is 0 Å². The fourth-order valence-corrected chi connectivity index (χ4v) is 3.15. The van der Waals surface area contributed by atoms with Gasteiger partial charge in [-0.05, 0) is 24.3 Å². The maximum absolute atomic E-state index is 12.1. The van der Waals surface area contributed by atoms with Crippen LogP contribution >= 0.6 is 46.6 Å². The number of carbonyl (C=O) groups is 1. The number of carbonyl (C=O) groups excluding carboxylic acids is 1. The van der Waals surface area contributed by atoms with E-state index >= 15 is 0 Å². The van der Waals surface area contributed by atoms with Crippen LogP contribution in [0, 0.1) is 0 Å². The number of hydrogen-bond acceptors (Lipinski definition) is 4. The van der Waals surface area contributed by atoms with Crippen molar-refractivity contribution in [1.29, 1.82) is 0 Å². The summed E-state index contributed by atoms with van der Waals surface area (Å²) in [6.45, 7) is 0. The van der Waals surface area contributed by atoms with Crippen molar-refractivity contribution in [3.8, 4) is 5.69 Å². The fraction of sp³-hybridized carbons (Fsp3) is 0.0625. The molecule has 0 aliphatic heterocycles. The smallest absolute Gasteiger partial charge is 0.234 e. The second-order valence-electron chi connectivity index (χ2n) is 4.89. The van der Waals surface area contributed by atoms with Crippen LogP contribution in [0.25, 0.3) is 5.69 Å². The lowest BCUT2D eigenvalue weighted by atomic mass is 10.3. The number of nitrogens with zero attached hydrogens (tertiary/aromatic N) is 3. The molecule has 0 atom stereocenters. The highest BCUT2D eigenvalue weighted by molar-refractivity contribution is 7.99. The quantitative estimate of drug-likeness (QED) is 0.474. The summed E-state index contributed by atoms with van der Waals surface area (Å²) in [5, 5.41) is 8.48. The summed E-state index contributed by atoms with van der Waals surface area (Å²) in [5.74, 6) is -0.114. The molecule has 1 heterocycles. The van der Waals surface area contributed by atoms with E-state index in [4.69, 9.17) is 34.8 Å². The van der Waals surface area contributed by atoms with Gasteiger partial charge in [0.2, 0.25) is 11.1 Å². The Bertz CT molecular complexity index is 902. The zero-order chi connectivity index (χ0) is 17.8. The van der Waals surface area contributed by atoms with Crippen molar-refractivity contribution >= 4 is 58.2 Å². The third-order valence-corrected chi connectivity index (χ3v) is 4.99. The zero-order valence-electron chi connectivity index (χ0n) is 12.6. The molecule has 1 N–H and O–H groups in total. The van der Waals surface area contributed by atoms with Crippen LogP contribution in [0.5, 0.6) is 0 Å². The van der Waals surface area contributed by atoms with Gasteiger partial charge in [0.1, 0.15) is 6.33 Å². The number of halogens is 3. The largest absolute Gasteiger partial charge is 0.324 e. The number of para-hydroxylation sites is 1. The molecule has 25 heavy (non-hydrogen) atoms. The summed E-state index contributed by atoms with van der Waals surface area (Å²) in [4.78, 5) is 16.3. The number of aromatic nitrogens is 3. The van der Waals surface area contributed by atoms with Gasteiger partial charge in [0.05, 0.1) is 32.2 Å². The van der Waals surface area contributed by atoms with Gasteiger partial charge in [-0.1, -0.05) is 64.8 Å². The van der Waals surface area contributed by atoms with E-state index in [1.807, 2.05) is 30.3 Å². The van der Waals surface area contributed by atoms with Crippen molar-refractivity contribution in [1.82, 2.24) is 14.8 Å². The van der Waals surface area contributed by atoms with Crippen molar-refractivity contribution < 1.29 is 4.79 Å². The third kappa shape index (κ3) is 4.67. The number of benzene rings is 2. The minimum atomic E-state index is -0.249. The van der Waals surface area contributed by atoms with E-state index in [9.17, 15) is 4.79 Å². The first-order valence-corrected chi connectivity index (χ1v) is 9.19. The molecule has 1 aromatic heterocycles. The molecule has 1 amide bonds. The zero-order valence-corrected chi connectivity index (χ0v) is 15.7. The van der Waals surface area contributed by atoms with E-state index in [1.54, 1.807) is 11.0 Å². The second-order valence-corrected chi connectivity index (χ2v) is 7.05. The Morgan fingerprint density at radius 1 is 1.08 bits per heavy atom. The van der Waals surface area contributed by atoms with Gasteiger partial charge < -0.3 is 5.32 Å². The summed E-state index contributed by atoms with van der Waals surface area (Å²) >= 11 is 19.1. The molecule has 0 saturated carbocycles. The minimum Gasteiger partial charge on any atom is -0.324 e. The van der Waals surface area contributed by atoms with E-state index in [2.05, 4.69) is 15.4 Å². The van der Waals surface area contributed by atoms with Crippen molar-refractivity contribution in [2.75, 3.05) is 11.1 Å². The second kappa shape index (κ2) is 8.10. The SMILES string of the molecule is O=C(CSc1ncn(-c2ccccc2)n1)Nc1cc(Cl)c(Cl)cc1Cl. The Morgan fingerprint density at radius 3 is 2.56 bits per heavy atom. The van der Waals surface area contributed by atoms with Crippen LogP contribution in [-0.2, 0) is 4.79 Å². The lowest BCUT2D eigenvalue weighted by molar-refractivity contribution is -0.113. The Balaban J connectivity index is 1.60. The van der Waals surface area contributed by atoms with Crippen LogP contribution in [-0.4, -0.2) is 26.4 Å². The monoisotopic (exact) mass is 412 g/mol. The summed E-state index contributed by atoms with van der Waals surface area (Å²) in [6.07, 6.45) is 1.60. The fourth-order valence-electron chi connectivity index (χ4n) is 1.95. The Kier molecular flexibility index (Phi) is 5.86. The van der Waals surface area contributed by atoms with Crippen LogP contribution in [0.15, 0.2) is 53.9 Å². The van der Waals surface area contributed by atoms with E-state index < -0.39 is 0 Å². The predicted octanol–water partition coefficient (Wildman–Crippen LogP) is 4.96. The average Bonchev–Trinajstić information content (AvgIpc) is 3.08. The highest BCUT2D eigenvalue weighted by Gasteiger charge is 2.11. The van der Waals surface area contributed by atoms with Gasteiger partial charge in [0.15, 0.2) is 0 Å². The normalized spacial score (nSPS) is 10.7. The number of anilines is 1. The molecule has 3 aromatic rings. The highest BCUT2D eigenvalue weighted by Crippen LogP contribution is 2.32. The molecule has 0 radical (unpaired) electrons. The Hall–Kier alpha value is -1.73. The lowest BCUT2D eigenvalue weighted by Crippen LogP contribution is -2.14. The van der Waals surface area contributed by atoms with E-state index in [1.165, 1.54) is 23.9 Å². The standard InChI is InChI=1S/C16H11Cl3N4OS/c17-11-6-13(19)14(7-12(11)18)21-15(24)8-25-16-20-9-23(22-16)10-4-2-1-3-5-10/h1-7,9H,8H2,(H,21,24). The molecule has 0 fully saturated rings. The van der Waals surface area contributed by atoms with E-state index in [0.717, 1.165) is 5.69 Å². The maximum Gasteiger partial charge on any atom is 0.234 e. The maximum atomic E-state index is 12.1. The molecule has 128 valence electrons. The number of hydrogen-bond donors (Lipinski definition) is 1. The number of amides is 1. The molecule has 2 aromatic carbocycles. The molecule has 3 rings (SSSR count). The molecule has 9 heteroatoms. The first kappa shape index (κ1) is 18.1. The number of thioether (sulfide) groups is 1. The van der Waals surface area contributed by atoms with Gasteiger partial charge in [-0.3, -0.25) is 4.79 Å². The molecular weight excluding hydrogens is 403 g/mol. The van der Waals surface area contributed by atoms with Crippen molar-refractivity contribution in [3.63, 3.8) is 0 Å². The summed E-state index contributed by atoms with van der Waals surface area (Å²) < 4.78 is 1.65. The molecule has 0 unspecified atom stereocenters. The van der Waals surface area contributed by atoms with Gasteiger partial charge in [-0.2, -0.15) is 0 Å². The van der Waals surface area contributed by atoms with Crippen molar-refractivity contribution in [2.24, 2.45) is 0 Å². The Morgan fingerprint density at radius 2 is 1.80 bits per heavy atom. The van der Waals surface area contributed by atoms with E-state index in [0.29, 0.717) is 25.9 Å². The van der Waals surface area contributed by atoms with Gasteiger partial charge in [-0.25, -0.2) is 9.67 Å². The molecular formula is C16H11Cl3N4OS. The number of rotatable bonds is 5. The minimum absolute atomic E-state index is 0.134. The predicted molar refractivity (Wildman–Crippen MR) is 102 cm³/mol. The summed E-state index contributed by atoms with van der Waals surface area (Å²) in [5.41, 5.74) is 1.30. The Labute approximate surface area is 163 Å². The topological polar surface area (TPSA) is 59.8 Å². The molecule has 0 bridgehead atoms. The highest BCUT2D eigenvalue weighted by atomic mass is 35.5.